The highest BCUT2D eigenvalue weighted by atomic mass is 16.2. The van der Waals surface area contributed by atoms with E-state index in [0.29, 0.717) is 18.8 Å². The third-order valence-corrected chi connectivity index (χ3v) is 5.92. The number of rotatable bonds is 11. The van der Waals surface area contributed by atoms with E-state index >= 15 is 0 Å². The van der Waals surface area contributed by atoms with Crippen LogP contribution in [0, 0.1) is 0 Å². The van der Waals surface area contributed by atoms with Gasteiger partial charge in [-0.15, -0.1) is 0 Å². The van der Waals surface area contributed by atoms with Crippen LogP contribution in [0.3, 0.4) is 0 Å². The van der Waals surface area contributed by atoms with E-state index in [-0.39, 0.29) is 5.91 Å². The first-order valence-corrected chi connectivity index (χ1v) is 11.8. The summed E-state index contributed by atoms with van der Waals surface area (Å²) in [5, 5.41) is 2.40. The molecule has 0 atom stereocenters. The largest absolute Gasteiger partial charge is 0.338 e. The average molecular weight is 397 g/mol. The highest BCUT2D eigenvalue weighted by Crippen LogP contribution is 2.36. The summed E-state index contributed by atoms with van der Waals surface area (Å²) < 4.78 is 0. The summed E-state index contributed by atoms with van der Waals surface area (Å²) in [7, 11) is 0. The predicted octanol–water partition coefficient (Wildman–Crippen LogP) is 6.53. The summed E-state index contributed by atoms with van der Waals surface area (Å²) >= 11 is 0. The molecule has 0 bridgehead atoms. The number of carbonyl (C=O) groups is 1. The predicted molar refractivity (Wildman–Crippen MR) is 125 cm³/mol. The normalized spacial score (nSPS) is 11.2. The van der Waals surface area contributed by atoms with E-state index in [4.69, 9.17) is 0 Å². The number of aromatic nitrogens is 1. The van der Waals surface area contributed by atoms with Crippen LogP contribution in [0.2, 0.25) is 0 Å². The van der Waals surface area contributed by atoms with Crippen LogP contribution in [0.4, 0.5) is 0 Å². The number of benzene rings is 1. The molecule has 160 valence electrons. The van der Waals surface area contributed by atoms with Gasteiger partial charge in [-0.2, -0.15) is 0 Å². The summed E-state index contributed by atoms with van der Waals surface area (Å²) in [6.45, 7) is 14.6. The van der Waals surface area contributed by atoms with Crippen molar-refractivity contribution in [3.63, 3.8) is 0 Å². The lowest BCUT2D eigenvalue weighted by molar-refractivity contribution is 0.0769. The van der Waals surface area contributed by atoms with Crippen molar-refractivity contribution in [2.75, 3.05) is 13.1 Å². The van der Waals surface area contributed by atoms with Gasteiger partial charge in [0.15, 0.2) is 0 Å². The average Bonchev–Trinajstić information content (AvgIpc) is 2.73. The second-order valence-corrected chi connectivity index (χ2v) is 7.97. The smallest absolute Gasteiger partial charge is 0.273 e. The van der Waals surface area contributed by atoms with Crippen LogP contribution < -0.4 is 0 Å². The van der Waals surface area contributed by atoms with E-state index < -0.39 is 0 Å². The Kier molecular flexibility index (Phi) is 9.13. The topological polar surface area (TPSA) is 33.2 Å². The van der Waals surface area contributed by atoms with Crippen molar-refractivity contribution >= 4 is 16.7 Å². The number of amides is 1. The van der Waals surface area contributed by atoms with Crippen molar-refractivity contribution < 1.29 is 4.79 Å². The van der Waals surface area contributed by atoms with Crippen LogP contribution in [0.15, 0.2) is 12.3 Å². The minimum atomic E-state index is 0.0751. The maximum atomic E-state index is 13.4. The van der Waals surface area contributed by atoms with E-state index in [1.165, 1.54) is 22.1 Å². The molecule has 1 aromatic carbocycles. The third kappa shape index (κ3) is 4.82. The summed E-state index contributed by atoms with van der Waals surface area (Å²) in [4.78, 5) is 19.9. The number of carbonyl (C=O) groups excluding carboxylic acids is 1. The van der Waals surface area contributed by atoms with Gasteiger partial charge in [-0.25, -0.2) is 0 Å². The van der Waals surface area contributed by atoms with Crippen molar-refractivity contribution in [1.29, 1.82) is 0 Å². The molecule has 0 saturated heterocycles. The summed E-state index contributed by atoms with van der Waals surface area (Å²) in [6.07, 6.45) is 10.6. The van der Waals surface area contributed by atoms with E-state index in [1.54, 1.807) is 5.56 Å². The lowest BCUT2D eigenvalue weighted by Crippen LogP contribution is -2.31. The Balaban J connectivity index is 2.97. The van der Waals surface area contributed by atoms with Crippen LogP contribution in [-0.4, -0.2) is 28.9 Å². The summed E-state index contributed by atoms with van der Waals surface area (Å²) in [6, 6.07) is 2.16. The minimum Gasteiger partial charge on any atom is -0.338 e. The van der Waals surface area contributed by atoms with Gasteiger partial charge < -0.3 is 4.90 Å². The third-order valence-electron chi connectivity index (χ3n) is 5.92. The quantitative estimate of drug-likeness (QED) is 0.433. The van der Waals surface area contributed by atoms with Crippen LogP contribution in [-0.2, 0) is 25.7 Å². The Morgan fingerprint density at radius 2 is 1.24 bits per heavy atom. The van der Waals surface area contributed by atoms with E-state index in [9.17, 15) is 4.79 Å². The molecule has 0 saturated carbocycles. The molecule has 2 aromatic rings. The molecule has 0 aliphatic carbocycles. The van der Waals surface area contributed by atoms with Crippen molar-refractivity contribution in [1.82, 2.24) is 9.88 Å². The van der Waals surface area contributed by atoms with Crippen molar-refractivity contribution in [2.45, 2.75) is 92.9 Å². The lowest BCUT2D eigenvalue weighted by Gasteiger charge is -2.25. The van der Waals surface area contributed by atoms with Gasteiger partial charge in [0, 0.05) is 24.7 Å². The molecule has 0 aliphatic heterocycles. The first-order valence-electron chi connectivity index (χ1n) is 11.8. The zero-order chi connectivity index (χ0) is 21.4. The number of hydrogen-bond donors (Lipinski definition) is 0. The van der Waals surface area contributed by atoms with Gasteiger partial charge in [-0.1, -0.05) is 53.4 Å². The molecule has 0 aliphatic rings. The fraction of sp³-hybridized carbons (Fsp3) is 0.615. The Labute approximate surface area is 177 Å². The number of hydrogen-bond acceptors (Lipinski definition) is 2. The maximum Gasteiger partial charge on any atom is 0.273 e. The second-order valence-electron chi connectivity index (χ2n) is 7.97. The number of pyridine rings is 1. The maximum absolute atomic E-state index is 13.4. The molecule has 29 heavy (non-hydrogen) atoms. The molecule has 0 unspecified atom stereocenters. The SMILES string of the molecule is CCCc1c(CCC)c(CCC)c2c(C(=O)N(CC)CC)nccc2c1CCC. The molecular formula is C26H40N2O. The minimum absolute atomic E-state index is 0.0751. The zero-order valence-corrected chi connectivity index (χ0v) is 19.5. The molecule has 0 N–H and O–H groups in total. The Morgan fingerprint density at radius 3 is 1.76 bits per heavy atom. The van der Waals surface area contributed by atoms with E-state index in [1.807, 2.05) is 24.9 Å². The van der Waals surface area contributed by atoms with Gasteiger partial charge in [-0.05, 0) is 73.2 Å². The number of aryl methyl sites for hydroxylation is 2. The first-order chi connectivity index (χ1) is 14.1. The second kappa shape index (κ2) is 11.3. The van der Waals surface area contributed by atoms with Crippen LogP contribution in [0.1, 0.15) is 100.0 Å². The summed E-state index contributed by atoms with van der Waals surface area (Å²) in [5.41, 5.74) is 6.57. The molecule has 0 radical (unpaired) electrons. The Hall–Kier alpha value is -1.90. The molecule has 1 aromatic heterocycles. The molecule has 0 fully saturated rings. The highest BCUT2D eigenvalue weighted by Gasteiger charge is 2.24. The fourth-order valence-corrected chi connectivity index (χ4v) is 4.68. The van der Waals surface area contributed by atoms with Gasteiger partial charge >= 0.3 is 0 Å². The van der Waals surface area contributed by atoms with Crippen molar-refractivity contribution in [2.24, 2.45) is 0 Å². The van der Waals surface area contributed by atoms with Gasteiger partial charge in [0.05, 0.1) is 0 Å². The molecule has 3 nitrogen and oxygen atoms in total. The summed E-state index contributed by atoms with van der Waals surface area (Å²) in [5.74, 6) is 0.0751. The van der Waals surface area contributed by atoms with Crippen molar-refractivity contribution in [3.05, 3.63) is 40.2 Å². The van der Waals surface area contributed by atoms with Crippen LogP contribution in [0.25, 0.3) is 10.8 Å². The first kappa shape index (κ1) is 23.4. The molecular weight excluding hydrogens is 356 g/mol. The van der Waals surface area contributed by atoms with Crippen molar-refractivity contribution in [3.8, 4) is 0 Å². The Morgan fingerprint density at radius 1 is 0.759 bits per heavy atom. The van der Waals surface area contributed by atoms with Gasteiger partial charge in [0.25, 0.3) is 5.91 Å². The van der Waals surface area contributed by atoms with Crippen LogP contribution in [0.5, 0.6) is 0 Å². The number of fused-ring (bicyclic) bond motifs is 1. The van der Waals surface area contributed by atoms with Crippen LogP contribution >= 0.6 is 0 Å². The van der Waals surface area contributed by atoms with Gasteiger partial charge in [-0.3, -0.25) is 9.78 Å². The standard InChI is InChI=1S/C26H40N2O/c1-7-13-19-20(14-8-2)22(16-10-4)24-23(21(19)15-9-3)17-18-27-25(24)26(29)28(11-5)12-6/h17-18H,7-16H2,1-6H3. The molecule has 3 heteroatoms. The molecule has 0 spiro atoms. The Bertz CT molecular complexity index is 821. The molecule has 1 heterocycles. The van der Waals surface area contributed by atoms with E-state index in [2.05, 4.69) is 38.7 Å². The monoisotopic (exact) mass is 396 g/mol. The highest BCUT2D eigenvalue weighted by molar-refractivity contribution is 6.08. The van der Waals surface area contributed by atoms with E-state index in [0.717, 1.165) is 56.8 Å². The van der Waals surface area contributed by atoms with Gasteiger partial charge in [0.1, 0.15) is 5.69 Å². The molecule has 1 amide bonds. The zero-order valence-electron chi connectivity index (χ0n) is 19.5. The fourth-order valence-electron chi connectivity index (χ4n) is 4.68. The van der Waals surface area contributed by atoms with Gasteiger partial charge in [0.2, 0.25) is 0 Å². The lowest BCUT2D eigenvalue weighted by atomic mass is 9.82. The molecule has 2 rings (SSSR count). The number of nitrogens with zero attached hydrogens (tertiary/aromatic N) is 2.